The van der Waals surface area contributed by atoms with Crippen molar-refractivity contribution in [1.29, 1.82) is 0 Å². The van der Waals surface area contributed by atoms with E-state index in [1.807, 2.05) is 30.6 Å². The Morgan fingerprint density at radius 2 is 1.46 bits per heavy atom. The summed E-state index contributed by atoms with van der Waals surface area (Å²) in [6.45, 7) is 4.64. The standard InChI is InChI=1S/C43H33N3Si.Pt/c1-43(2)35-18-5-6-20-38(35)46(39-28-30(24-25-36(39)43)37-19-9-11-26-44-37)31-14-13-15-32(29-31)47(42-23-10-12-27-45-42)40-21-7-3-16-33(40)34-17-4-8-22-41(34)47;/h3,5-7,9-27H,4,8H2,1-2H3;/q-2;+2. The maximum absolute atomic E-state index is 5.12. The number of benzene rings is 4. The number of rotatable bonds is 4. The maximum Gasteiger partial charge on any atom is 2.00 e. The van der Waals surface area contributed by atoms with Crippen LogP contribution in [-0.2, 0) is 26.5 Å². The first kappa shape index (κ1) is 30.7. The Hall–Kier alpha value is -4.63. The zero-order valence-corrected chi connectivity index (χ0v) is 30.1. The molecule has 0 N–H and O–H groups in total. The van der Waals surface area contributed by atoms with Gasteiger partial charge in [0.15, 0.2) is 8.07 Å². The quantitative estimate of drug-likeness (QED) is 0.134. The normalized spacial score (nSPS) is 18.3. The number of allylic oxidation sites excluding steroid dienone is 4. The monoisotopic (exact) mass is 814 g/mol. The molecule has 4 heterocycles. The van der Waals surface area contributed by atoms with Gasteiger partial charge in [0.05, 0.1) is 0 Å². The minimum atomic E-state index is -2.76. The zero-order valence-electron chi connectivity index (χ0n) is 26.9. The van der Waals surface area contributed by atoms with Crippen LogP contribution in [0.1, 0.15) is 43.4 Å². The SMILES string of the molecule is CC1(C)c2ccc(-c3ccccn3)[c-]c2N(c2[c-]c([Si]3(c4ccccn4)C4=CCCC=C4c4ccccc43)ccc2)c2ccccc21.[Pt+2]. The summed E-state index contributed by atoms with van der Waals surface area (Å²) >= 11 is 0. The summed E-state index contributed by atoms with van der Waals surface area (Å²) in [7, 11) is -2.76. The molecule has 1 aliphatic carbocycles. The smallest absolute Gasteiger partial charge is 0.352 e. The van der Waals surface area contributed by atoms with Crippen LogP contribution >= 0.6 is 0 Å². The molecule has 48 heavy (non-hydrogen) atoms. The summed E-state index contributed by atoms with van der Waals surface area (Å²) in [5.74, 6) is 0. The first-order chi connectivity index (χ1) is 23.1. The first-order valence-corrected chi connectivity index (χ1v) is 18.4. The molecule has 4 aromatic carbocycles. The fraction of sp³-hybridized carbons (Fsp3) is 0.116. The summed E-state index contributed by atoms with van der Waals surface area (Å²) in [5, 5.41) is 5.22. The molecule has 0 radical (unpaired) electrons. The first-order valence-electron chi connectivity index (χ1n) is 16.4. The predicted molar refractivity (Wildman–Crippen MR) is 195 cm³/mol. The van der Waals surface area contributed by atoms with Crippen LogP contribution in [0.3, 0.4) is 0 Å². The van der Waals surface area contributed by atoms with E-state index in [9.17, 15) is 0 Å². The number of anilines is 3. The number of nitrogens with zero attached hydrogens (tertiary/aromatic N) is 3. The molecule has 0 saturated heterocycles. The van der Waals surface area contributed by atoms with Crippen LogP contribution in [0.2, 0.25) is 0 Å². The molecular weight excluding hydrogens is 782 g/mol. The van der Waals surface area contributed by atoms with Crippen LogP contribution in [0.25, 0.3) is 16.8 Å². The number of hydrogen-bond donors (Lipinski definition) is 0. The number of fused-ring (bicyclic) bond motifs is 5. The van der Waals surface area contributed by atoms with Crippen molar-refractivity contribution in [2.24, 2.45) is 0 Å². The van der Waals surface area contributed by atoms with E-state index in [0.29, 0.717) is 0 Å². The van der Waals surface area contributed by atoms with Crippen molar-refractivity contribution in [2.45, 2.75) is 32.1 Å². The van der Waals surface area contributed by atoms with Crippen LogP contribution in [0.4, 0.5) is 17.1 Å². The number of para-hydroxylation sites is 1. The van der Waals surface area contributed by atoms with Gasteiger partial charge in [-0.25, -0.2) is 0 Å². The van der Waals surface area contributed by atoms with Crippen molar-refractivity contribution >= 4 is 46.4 Å². The number of hydrogen-bond acceptors (Lipinski definition) is 3. The molecule has 2 aliphatic heterocycles. The average Bonchev–Trinajstić information content (AvgIpc) is 3.44. The van der Waals surface area contributed by atoms with Gasteiger partial charge in [-0.15, -0.1) is 29.8 Å². The Labute approximate surface area is 298 Å². The molecular formula is C43H33N3PtSi. The van der Waals surface area contributed by atoms with E-state index >= 15 is 0 Å². The van der Waals surface area contributed by atoms with Crippen molar-refractivity contribution in [3.63, 3.8) is 0 Å². The van der Waals surface area contributed by atoms with Crippen LogP contribution in [-0.4, -0.2) is 18.0 Å². The van der Waals surface area contributed by atoms with Gasteiger partial charge in [-0.3, -0.25) is 4.98 Å². The van der Waals surface area contributed by atoms with Gasteiger partial charge in [-0.2, -0.15) is 23.4 Å². The molecule has 2 aromatic heterocycles. The topological polar surface area (TPSA) is 29.0 Å². The Kier molecular flexibility index (Phi) is 7.55. The second-order valence-corrected chi connectivity index (χ2v) is 16.7. The van der Waals surface area contributed by atoms with Gasteiger partial charge in [-0.05, 0) is 81.0 Å². The molecule has 0 bridgehead atoms. The van der Waals surface area contributed by atoms with Gasteiger partial charge in [0.1, 0.15) is 0 Å². The van der Waals surface area contributed by atoms with Gasteiger partial charge in [0.25, 0.3) is 0 Å². The summed E-state index contributed by atoms with van der Waals surface area (Å²) < 4.78 is 0. The van der Waals surface area contributed by atoms with Gasteiger partial charge in [0, 0.05) is 23.4 Å². The second-order valence-electron chi connectivity index (χ2n) is 13.1. The van der Waals surface area contributed by atoms with E-state index in [2.05, 4.69) is 145 Å². The fourth-order valence-corrected chi connectivity index (χ4v) is 13.2. The predicted octanol–water partition coefficient (Wildman–Crippen LogP) is 7.98. The molecule has 0 spiro atoms. The third-order valence-electron chi connectivity index (χ3n) is 10.2. The molecule has 3 aliphatic rings. The molecule has 3 nitrogen and oxygen atoms in total. The van der Waals surface area contributed by atoms with Crippen molar-refractivity contribution in [2.75, 3.05) is 4.90 Å². The van der Waals surface area contributed by atoms with Gasteiger partial charge in [0.2, 0.25) is 0 Å². The molecule has 1 atom stereocenters. The molecule has 0 fully saturated rings. The molecule has 1 unspecified atom stereocenters. The van der Waals surface area contributed by atoms with Crippen LogP contribution in [0, 0.1) is 12.1 Å². The van der Waals surface area contributed by atoms with Gasteiger partial charge in [-0.1, -0.05) is 97.9 Å². The molecule has 0 amide bonds. The van der Waals surface area contributed by atoms with Crippen LogP contribution in [0.15, 0.2) is 145 Å². The van der Waals surface area contributed by atoms with Crippen molar-refractivity contribution in [1.82, 2.24) is 9.97 Å². The molecule has 5 heteroatoms. The van der Waals surface area contributed by atoms with Crippen LogP contribution in [0.5, 0.6) is 0 Å². The molecule has 9 rings (SSSR count). The summed E-state index contributed by atoms with van der Waals surface area (Å²) in [6.07, 6.45) is 10.9. The number of aromatic nitrogens is 2. The maximum atomic E-state index is 5.12. The minimum Gasteiger partial charge on any atom is -0.352 e. The molecule has 234 valence electrons. The second kappa shape index (κ2) is 11.8. The van der Waals surface area contributed by atoms with Gasteiger partial charge < -0.3 is 9.88 Å². The average molecular weight is 815 g/mol. The Morgan fingerprint density at radius 1 is 0.688 bits per heavy atom. The van der Waals surface area contributed by atoms with E-state index in [4.69, 9.17) is 4.98 Å². The van der Waals surface area contributed by atoms with E-state index in [1.54, 1.807) is 0 Å². The van der Waals surface area contributed by atoms with Gasteiger partial charge >= 0.3 is 21.1 Å². The number of pyridine rings is 2. The molecule has 6 aromatic rings. The minimum absolute atomic E-state index is 0. The fourth-order valence-electron chi connectivity index (χ4n) is 8.12. The van der Waals surface area contributed by atoms with Crippen molar-refractivity contribution < 1.29 is 21.1 Å². The summed E-state index contributed by atoms with van der Waals surface area (Å²) in [4.78, 5) is 12.2. The third-order valence-corrected chi connectivity index (χ3v) is 14.9. The summed E-state index contributed by atoms with van der Waals surface area (Å²) in [5.41, 5.74) is 10.1. The third kappa shape index (κ3) is 4.43. The molecule has 0 saturated carbocycles. The van der Waals surface area contributed by atoms with E-state index in [1.165, 1.54) is 37.8 Å². The van der Waals surface area contributed by atoms with E-state index in [0.717, 1.165) is 46.5 Å². The van der Waals surface area contributed by atoms with Crippen LogP contribution < -0.4 is 20.6 Å². The zero-order chi connectivity index (χ0) is 31.6. The van der Waals surface area contributed by atoms with Crippen molar-refractivity contribution in [3.8, 4) is 11.3 Å². The Balaban J connectivity index is 0.00000336. The largest absolute Gasteiger partial charge is 2.00 e. The van der Waals surface area contributed by atoms with E-state index < -0.39 is 8.07 Å². The Morgan fingerprint density at radius 3 is 2.29 bits per heavy atom. The van der Waals surface area contributed by atoms with Crippen molar-refractivity contribution in [3.05, 3.63) is 174 Å². The van der Waals surface area contributed by atoms with E-state index in [-0.39, 0.29) is 26.5 Å². The summed E-state index contributed by atoms with van der Waals surface area (Å²) in [6, 6.07) is 49.3. The Bertz CT molecular complexity index is 2240.